The standard InChI is InChI=1S/C16H14ClNO2S2/c1-16(20,9-18-15(19)12-6-7-14(17)22-12)13-8-10-4-2-3-5-11(10)21-13/h2-8,20H,9H2,1H3,(H,18,19)/t16-/m0/s1. The molecule has 3 nitrogen and oxygen atoms in total. The lowest BCUT2D eigenvalue weighted by atomic mass is 10.0. The van der Waals surface area contributed by atoms with Gasteiger partial charge < -0.3 is 10.4 Å². The monoisotopic (exact) mass is 351 g/mol. The lowest BCUT2D eigenvalue weighted by Gasteiger charge is -2.22. The summed E-state index contributed by atoms with van der Waals surface area (Å²) < 4.78 is 1.69. The van der Waals surface area contributed by atoms with E-state index in [1.54, 1.807) is 19.1 Å². The molecule has 0 fully saturated rings. The second-order valence-corrected chi connectivity index (χ2v) is 8.01. The van der Waals surface area contributed by atoms with Crippen LogP contribution in [0.1, 0.15) is 21.5 Å². The summed E-state index contributed by atoms with van der Waals surface area (Å²) >= 11 is 8.58. The lowest BCUT2D eigenvalue weighted by molar-refractivity contribution is 0.0558. The summed E-state index contributed by atoms with van der Waals surface area (Å²) in [6, 6.07) is 13.3. The number of halogens is 1. The first-order chi connectivity index (χ1) is 10.5. The van der Waals surface area contributed by atoms with Gasteiger partial charge in [-0.15, -0.1) is 22.7 Å². The molecular formula is C16H14ClNO2S2. The summed E-state index contributed by atoms with van der Waals surface area (Å²) in [5.74, 6) is -0.224. The van der Waals surface area contributed by atoms with E-state index in [1.807, 2.05) is 30.3 Å². The van der Waals surface area contributed by atoms with Gasteiger partial charge >= 0.3 is 0 Å². The zero-order chi connectivity index (χ0) is 15.7. The zero-order valence-corrected chi connectivity index (χ0v) is 14.2. The number of benzene rings is 1. The van der Waals surface area contributed by atoms with E-state index < -0.39 is 5.60 Å². The van der Waals surface area contributed by atoms with Gasteiger partial charge in [-0.3, -0.25) is 4.79 Å². The molecule has 22 heavy (non-hydrogen) atoms. The molecule has 1 amide bonds. The molecule has 1 aromatic carbocycles. The first kappa shape index (κ1) is 15.5. The second kappa shape index (κ2) is 6.01. The van der Waals surface area contributed by atoms with Crippen molar-refractivity contribution >= 4 is 50.3 Å². The van der Waals surface area contributed by atoms with Crippen molar-refractivity contribution in [2.75, 3.05) is 6.54 Å². The smallest absolute Gasteiger partial charge is 0.261 e. The minimum atomic E-state index is -1.11. The highest BCUT2D eigenvalue weighted by Crippen LogP contribution is 2.33. The van der Waals surface area contributed by atoms with Gasteiger partial charge in [0.2, 0.25) is 0 Å². The fraction of sp³-hybridized carbons (Fsp3) is 0.188. The Bertz CT molecular complexity index is 789. The Labute approximate surface area is 141 Å². The van der Waals surface area contributed by atoms with Crippen LogP contribution >= 0.6 is 34.3 Å². The van der Waals surface area contributed by atoms with Crippen LogP contribution in [0, 0.1) is 0 Å². The molecule has 1 atom stereocenters. The molecule has 0 unspecified atom stereocenters. The Morgan fingerprint density at radius 3 is 2.73 bits per heavy atom. The molecule has 3 aromatic rings. The van der Waals surface area contributed by atoms with Crippen molar-refractivity contribution in [3.63, 3.8) is 0 Å². The molecule has 0 aliphatic carbocycles. The Morgan fingerprint density at radius 1 is 1.27 bits per heavy atom. The number of thiophene rings is 2. The van der Waals surface area contributed by atoms with E-state index in [0.717, 1.165) is 15.0 Å². The van der Waals surface area contributed by atoms with E-state index in [1.165, 1.54) is 22.7 Å². The molecule has 0 aliphatic heterocycles. The number of carbonyl (C=O) groups is 1. The molecule has 0 spiro atoms. The third-order valence-electron chi connectivity index (χ3n) is 3.35. The minimum Gasteiger partial charge on any atom is -0.383 e. The van der Waals surface area contributed by atoms with Crippen LogP contribution in [0.4, 0.5) is 0 Å². The van der Waals surface area contributed by atoms with Gasteiger partial charge in [0.05, 0.1) is 15.8 Å². The highest BCUT2D eigenvalue weighted by atomic mass is 35.5. The molecule has 0 saturated carbocycles. The van der Waals surface area contributed by atoms with Gasteiger partial charge in [-0.05, 0) is 36.6 Å². The zero-order valence-electron chi connectivity index (χ0n) is 11.8. The molecule has 2 N–H and O–H groups in total. The maximum absolute atomic E-state index is 12.0. The van der Waals surface area contributed by atoms with Crippen LogP contribution in [-0.4, -0.2) is 17.6 Å². The second-order valence-electron chi connectivity index (χ2n) is 5.21. The van der Waals surface area contributed by atoms with Gasteiger partial charge in [0, 0.05) is 9.58 Å². The molecule has 2 aromatic heterocycles. The fourth-order valence-corrected chi connectivity index (χ4v) is 4.18. The number of fused-ring (bicyclic) bond motifs is 1. The molecule has 0 aliphatic rings. The topological polar surface area (TPSA) is 49.3 Å². The number of hydrogen-bond donors (Lipinski definition) is 2. The van der Waals surface area contributed by atoms with Crippen molar-refractivity contribution < 1.29 is 9.90 Å². The molecule has 6 heteroatoms. The van der Waals surface area contributed by atoms with E-state index in [2.05, 4.69) is 5.32 Å². The molecule has 3 rings (SSSR count). The van der Waals surface area contributed by atoms with Crippen molar-refractivity contribution in [3.05, 3.63) is 56.6 Å². The number of nitrogens with one attached hydrogen (secondary N) is 1. The fourth-order valence-electron chi connectivity index (χ4n) is 2.11. The average Bonchev–Trinajstić information content (AvgIpc) is 3.11. The van der Waals surface area contributed by atoms with Crippen molar-refractivity contribution in [3.8, 4) is 0 Å². The van der Waals surface area contributed by atoms with Crippen LogP contribution in [0.15, 0.2) is 42.5 Å². The maximum Gasteiger partial charge on any atom is 0.261 e. The first-order valence-electron chi connectivity index (χ1n) is 6.71. The quantitative estimate of drug-likeness (QED) is 0.738. The first-order valence-corrected chi connectivity index (χ1v) is 8.72. The highest BCUT2D eigenvalue weighted by Gasteiger charge is 2.26. The minimum absolute atomic E-state index is 0.147. The maximum atomic E-state index is 12.0. The highest BCUT2D eigenvalue weighted by molar-refractivity contribution is 7.19. The van der Waals surface area contributed by atoms with Gasteiger partial charge in [-0.2, -0.15) is 0 Å². The Balaban J connectivity index is 1.74. The normalized spacial score (nSPS) is 14.0. The number of carbonyl (C=O) groups excluding carboxylic acids is 1. The summed E-state index contributed by atoms with van der Waals surface area (Å²) in [6.07, 6.45) is 0. The molecular weight excluding hydrogens is 338 g/mol. The van der Waals surface area contributed by atoms with Crippen molar-refractivity contribution in [2.45, 2.75) is 12.5 Å². The van der Waals surface area contributed by atoms with Gasteiger partial charge in [0.1, 0.15) is 5.60 Å². The Kier molecular flexibility index (Phi) is 4.23. The summed E-state index contributed by atoms with van der Waals surface area (Å²) in [5, 5.41) is 14.5. The SMILES string of the molecule is C[C@](O)(CNC(=O)c1ccc(Cl)s1)c1cc2ccccc2s1. The molecule has 114 valence electrons. The number of rotatable bonds is 4. The summed E-state index contributed by atoms with van der Waals surface area (Å²) in [4.78, 5) is 13.4. The van der Waals surface area contributed by atoms with Gasteiger partial charge in [-0.1, -0.05) is 29.8 Å². The van der Waals surface area contributed by atoms with E-state index in [9.17, 15) is 9.90 Å². The number of hydrogen-bond acceptors (Lipinski definition) is 4. The van der Waals surface area contributed by atoms with E-state index >= 15 is 0 Å². The van der Waals surface area contributed by atoms with E-state index in [-0.39, 0.29) is 12.5 Å². The van der Waals surface area contributed by atoms with Crippen LogP contribution in [0.2, 0.25) is 4.34 Å². The van der Waals surface area contributed by atoms with Crippen LogP contribution in [0.3, 0.4) is 0 Å². The Hall–Kier alpha value is -1.40. The van der Waals surface area contributed by atoms with Gasteiger partial charge in [-0.25, -0.2) is 0 Å². The number of amides is 1. The molecule has 0 saturated heterocycles. The van der Waals surface area contributed by atoms with Crippen LogP contribution in [0.5, 0.6) is 0 Å². The lowest BCUT2D eigenvalue weighted by Crippen LogP contribution is -2.37. The van der Waals surface area contributed by atoms with Gasteiger partial charge in [0.15, 0.2) is 0 Å². The summed E-state index contributed by atoms with van der Waals surface area (Å²) in [7, 11) is 0. The van der Waals surface area contributed by atoms with Crippen LogP contribution in [0.25, 0.3) is 10.1 Å². The van der Waals surface area contributed by atoms with Crippen molar-refractivity contribution in [2.24, 2.45) is 0 Å². The largest absolute Gasteiger partial charge is 0.383 e. The summed E-state index contributed by atoms with van der Waals surface area (Å²) in [6.45, 7) is 1.85. The number of aliphatic hydroxyl groups is 1. The predicted molar refractivity (Wildman–Crippen MR) is 93.1 cm³/mol. The summed E-state index contributed by atoms with van der Waals surface area (Å²) in [5.41, 5.74) is -1.11. The van der Waals surface area contributed by atoms with Gasteiger partial charge in [0.25, 0.3) is 5.91 Å². The molecule has 2 heterocycles. The van der Waals surface area contributed by atoms with E-state index in [0.29, 0.717) is 9.21 Å². The average molecular weight is 352 g/mol. The Morgan fingerprint density at radius 2 is 2.05 bits per heavy atom. The third kappa shape index (κ3) is 3.17. The third-order valence-corrected chi connectivity index (χ3v) is 5.95. The van der Waals surface area contributed by atoms with Crippen LogP contribution in [-0.2, 0) is 5.60 Å². The van der Waals surface area contributed by atoms with Crippen molar-refractivity contribution in [1.82, 2.24) is 5.32 Å². The molecule has 0 radical (unpaired) electrons. The molecule has 0 bridgehead atoms. The van der Waals surface area contributed by atoms with E-state index in [4.69, 9.17) is 11.6 Å². The predicted octanol–water partition coefficient (Wildman–Crippen LogP) is 4.25. The van der Waals surface area contributed by atoms with Crippen molar-refractivity contribution in [1.29, 1.82) is 0 Å². The van der Waals surface area contributed by atoms with Crippen LogP contribution < -0.4 is 5.32 Å².